The molecule has 200 valence electrons. The van der Waals surface area contributed by atoms with Gasteiger partial charge in [0.2, 0.25) is 0 Å². The second kappa shape index (κ2) is 13.2. The molecule has 0 spiro atoms. The second-order valence-electron chi connectivity index (χ2n) is 7.57. The van der Waals surface area contributed by atoms with E-state index < -0.39 is 17.4 Å². The maximum Gasteiger partial charge on any atom is 0.263 e. The minimum atomic E-state index is -2.67. The van der Waals surface area contributed by atoms with Gasteiger partial charge in [-0.2, -0.15) is 5.26 Å². The van der Waals surface area contributed by atoms with Crippen LogP contribution in [0.2, 0.25) is 0 Å². The standard InChI is InChI=1S/C22H20F2IN8OPS.C2H6/c1-12-27-20-16(29-15-8-7-13(21(23)24)9-17(15)32(2)36(3)34)10-19(31-22(20)33(12)35-25)30-18-6-4-5-14(11-26)28-18;1-2/h4-10,21,35H,1-3H3,(H2,28,29,30,31);1-2H3. The number of hydrogen-bond donors (Lipinski definition) is 2. The van der Waals surface area contributed by atoms with Crippen LogP contribution in [-0.4, -0.2) is 36.8 Å². The van der Waals surface area contributed by atoms with Crippen molar-refractivity contribution in [2.45, 2.75) is 27.2 Å². The smallest absolute Gasteiger partial charge is 0.263 e. The topological polar surface area (TPSA) is 112 Å². The molecular formula is C24H26F2IN8OPS. The van der Waals surface area contributed by atoms with Crippen molar-refractivity contribution in [1.29, 1.82) is 5.26 Å². The predicted octanol–water partition coefficient (Wildman–Crippen LogP) is 6.98. The van der Waals surface area contributed by atoms with Gasteiger partial charge in [0, 0.05) is 24.9 Å². The average molecular weight is 670 g/mol. The number of nitrogens with zero attached hydrogens (tertiary/aromatic N) is 6. The van der Waals surface area contributed by atoms with Crippen molar-refractivity contribution >= 4 is 79.3 Å². The van der Waals surface area contributed by atoms with Gasteiger partial charge >= 0.3 is 0 Å². The first-order valence-corrected chi connectivity index (χ1v) is 17.0. The summed E-state index contributed by atoms with van der Waals surface area (Å²) in [5.41, 5.74) is 2.68. The van der Waals surface area contributed by atoms with Crippen LogP contribution in [0, 0.1) is 18.3 Å². The van der Waals surface area contributed by atoms with E-state index in [1.165, 1.54) is 28.8 Å². The van der Waals surface area contributed by atoms with E-state index in [0.29, 0.717) is 46.2 Å². The number of nitrogens with one attached hydrogen (secondary N) is 2. The van der Waals surface area contributed by atoms with Crippen molar-refractivity contribution in [2.24, 2.45) is 0 Å². The van der Waals surface area contributed by atoms with E-state index in [4.69, 9.17) is 10.2 Å². The predicted molar refractivity (Wildman–Crippen MR) is 161 cm³/mol. The van der Waals surface area contributed by atoms with Crippen LogP contribution >= 0.6 is 28.4 Å². The zero-order valence-corrected chi connectivity index (χ0v) is 25.2. The monoisotopic (exact) mass is 670 g/mol. The molecule has 0 radical (unpaired) electrons. The molecule has 0 aliphatic carbocycles. The highest BCUT2D eigenvalue weighted by Gasteiger charge is 2.19. The van der Waals surface area contributed by atoms with Gasteiger partial charge in [-0.25, -0.2) is 27.9 Å². The number of pyridine rings is 2. The molecule has 0 saturated heterocycles. The van der Waals surface area contributed by atoms with Crippen molar-refractivity contribution in [1.82, 2.24) is 19.3 Å². The Morgan fingerprint density at radius 3 is 2.47 bits per heavy atom. The number of rotatable bonds is 8. The number of benzene rings is 1. The number of fused-ring (bicyclic) bond motifs is 1. The molecule has 4 rings (SSSR count). The molecule has 9 nitrogen and oxygen atoms in total. The van der Waals surface area contributed by atoms with Crippen molar-refractivity contribution in [3.63, 3.8) is 0 Å². The lowest BCUT2D eigenvalue weighted by molar-refractivity contribution is 0.151. The summed E-state index contributed by atoms with van der Waals surface area (Å²) >= 11 is 2.24. The Bertz CT molecular complexity index is 1510. The first-order chi connectivity index (χ1) is 18.2. The minimum Gasteiger partial charge on any atom is -0.352 e. The number of imidazole rings is 1. The molecule has 3 heterocycles. The molecule has 1 aromatic carbocycles. The highest BCUT2D eigenvalue weighted by atomic mass is 127. The van der Waals surface area contributed by atoms with E-state index in [2.05, 4.69) is 42.6 Å². The molecule has 14 heteroatoms. The van der Waals surface area contributed by atoms with Crippen molar-refractivity contribution < 1.29 is 13.0 Å². The third-order valence-corrected chi connectivity index (χ3v) is 8.38. The molecule has 0 aliphatic rings. The molecule has 0 amide bonds. The lowest BCUT2D eigenvalue weighted by Gasteiger charge is -2.21. The normalized spacial score (nSPS) is 11.8. The van der Waals surface area contributed by atoms with Gasteiger partial charge in [0.15, 0.2) is 5.65 Å². The summed E-state index contributed by atoms with van der Waals surface area (Å²) in [7, 11) is 0.130. The Balaban J connectivity index is 0.00000195. The minimum absolute atomic E-state index is 0.176. The van der Waals surface area contributed by atoms with Crippen LogP contribution in [-0.2, 0) is 11.0 Å². The average Bonchev–Trinajstić information content (AvgIpc) is 3.24. The maximum atomic E-state index is 13.4. The lowest BCUT2D eigenvalue weighted by atomic mass is 10.1. The Morgan fingerprint density at radius 2 is 1.84 bits per heavy atom. The first kappa shape index (κ1) is 29.6. The molecule has 0 bridgehead atoms. The van der Waals surface area contributed by atoms with Crippen LogP contribution in [0.5, 0.6) is 0 Å². The van der Waals surface area contributed by atoms with Crippen molar-refractivity contribution in [3.05, 3.63) is 59.5 Å². The zero-order valence-electron chi connectivity index (χ0n) is 21.3. The Hall–Kier alpha value is -2.95. The number of aryl methyl sites for hydroxylation is 1. The van der Waals surface area contributed by atoms with Crippen LogP contribution < -0.4 is 14.9 Å². The molecule has 38 heavy (non-hydrogen) atoms. The third-order valence-electron chi connectivity index (χ3n) is 5.26. The van der Waals surface area contributed by atoms with Gasteiger partial charge in [0.05, 0.1) is 23.4 Å². The maximum absolute atomic E-state index is 13.4. The summed E-state index contributed by atoms with van der Waals surface area (Å²) < 4.78 is 42.4. The Labute approximate surface area is 237 Å². The zero-order chi connectivity index (χ0) is 28.0. The van der Waals surface area contributed by atoms with Crippen LogP contribution in [0.1, 0.15) is 37.4 Å². The number of anilines is 5. The Morgan fingerprint density at radius 1 is 1.11 bits per heavy atom. The van der Waals surface area contributed by atoms with E-state index in [1.807, 2.05) is 31.2 Å². The van der Waals surface area contributed by atoms with Crippen LogP contribution in [0.3, 0.4) is 0 Å². The molecule has 3 aromatic heterocycles. The Kier molecular flexibility index (Phi) is 10.3. The lowest BCUT2D eigenvalue weighted by Crippen LogP contribution is -2.20. The van der Waals surface area contributed by atoms with E-state index in [9.17, 15) is 13.0 Å². The van der Waals surface area contributed by atoms with Crippen molar-refractivity contribution in [3.8, 4) is 6.07 Å². The number of halogens is 3. The van der Waals surface area contributed by atoms with Gasteiger partial charge in [-0.3, -0.25) is 8.64 Å². The van der Waals surface area contributed by atoms with Gasteiger partial charge in [0.25, 0.3) is 6.43 Å². The SMILES string of the molecule is CC.Cc1nc2c(Nc3ccc(C(F)F)cc3N(C)S(C)=O)cc(Nc3cccc(C#N)n3)nc2n1PI. The molecular weight excluding hydrogens is 644 g/mol. The second-order valence-corrected chi connectivity index (χ2v) is 11.0. The number of hydrogen-bond acceptors (Lipinski definition) is 7. The molecule has 2 N–H and O–H groups in total. The highest BCUT2D eigenvalue weighted by Crippen LogP contribution is 2.38. The molecule has 0 saturated carbocycles. The summed E-state index contributed by atoms with van der Waals surface area (Å²) in [6.45, 7) is 5.87. The molecule has 0 aliphatic heterocycles. The first-order valence-electron chi connectivity index (χ1n) is 11.4. The van der Waals surface area contributed by atoms with Gasteiger partial charge in [0.1, 0.15) is 45.7 Å². The van der Waals surface area contributed by atoms with E-state index >= 15 is 0 Å². The fraction of sp³-hybridized carbons (Fsp3) is 0.250. The van der Waals surface area contributed by atoms with Crippen LogP contribution in [0.4, 0.5) is 37.5 Å². The highest BCUT2D eigenvalue weighted by molar-refractivity contribution is 14.2. The summed E-state index contributed by atoms with van der Waals surface area (Å²) in [6.07, 6.45) is -0.860. The van der Waals surface area contributed by atoms with Gasteiger partial charge in [-0.15, -0.1) is 0 Å². The van der Waals surface area contributed by atoms with Gasteiger partial charge in [-0.1, -0.05) is 26.0 Å². The molecule has 4 aromatic rings. The van der Waals surface area contributed by atoms with Crippen molar-refractivity contribution in [2.75, 3.05) is 28.2 Å². The van der Waals surface area contributed by atoms with E-state index in [-0.39, 0.29) is 11.3 Å². The van der Waals surface area contributed by atoms with Gasteiger partial charge in [-0.05, 0) is 53.2 Å². The fourth-order valence-electron chi connectivity index (χ4n) is 3.45. The van der Waals surface area contributed by atoms with Crippen LogP contribution in [0.15, 0.2) is 42.5 Å². The summed E-state index contributed by atoms with van der Waals surface area (Å²) in [5, 5.41) is 15.6. The van der Waals surface area contributed by atoms with E-state index in [0.717, 1.165) is 5.82 Å². The number of nitriles is 1. The molecule has 2 unspecified atom stereocenters. The fourth-order valence-corrected chi connectivity index (χ4v) is 6.02. The summed E-state index contributed by atoms with van der Waals surface area (Å²) in [6, 6.07) is 12.9. The number of alkyl halides is 2. The molecule has 2 atom stereocenters. The largest absolute Gasteiger partial charge is 0.352 e. The van der Waals surface area contributed by atoms with Gasteiger partial charge < -0.3 is 10.6 Å². The van der Waals surface area contributed by atoms with E-state index in [1.54, 1.807) is 31.3 Å². The quantitative estimate of drug-likeness (QED) is 0.154. The molecule has 0 fully saturated rings. The summed E-state index contributed by atoms with van der Waals surface area (Å²) in [5.74, 6) is 1.64. The summed E-state index contributed by atoms with van der Waals surface area (Å²) in [4.78, 5) is 13.6. The number of aromatic nitrogens is 4. The van der Waals surface area contributed by atoms with Crippen LogP contribution in [0.25, 0.3) is 11.2 Å². The third kappa shape index (κ3) is 6.54.